The maximum absolute atomic E-state index is 13.3. The van der Waals surface area contributed by atoms with E-state index in [9.17, 15) is 4.39 Å². The van der Waals surface area contributed by atoms with Crippen LogP contribution in [-0.4, -0.2) is 7.11 Å². The molecule has 0 saturated carbocycles. The summed E-state index contributed by atoms with van der Waals surface area (Å²) >= 11 is 0. The molecule has 94 valence electrons. The van der Waals surface area contributed by atoms with Crippen LogP contribution < -0.4 is 15.8 Å². The first kappa shape index (κ1) is 12.2. The van der Waals surface area contributed by atoms with Gasteiger partial charge in [0.1, 0.15) is 0 Å². The Labute approximate surface area is 105 Å². The van der Waals surface area contributed by atoms with E-state index in [1.807, 2.05) is 25.1 Å². The fourth-order valence-corrected chi connectivity index (χ4v) is 1.74. The summed E-state index contributed by atoms with van der Waals surface area (Å²) < 4.78 is 18.2. The van der Waals surface area contributed by atoms with Gasteiger partial charge in [-0.05, 0) is 30.7 Å². The molecule has 0 spiro atoms. The minimum absolute atomic E-state index is 0.201. The molecule has 18 heavy (non-hydrogen) atoms. The molecule has 0 radical (unpaired) electrons. The van der Waals surface area contributed by atoms with Crippen LogP contribution in [0.15, 0.2) is 36.4 Å². The van der Waals surface area contributed by atoms with Crippen molar-refractivity contribution in [2.75, 3.05) is 18.2 Å². The number of nitrogens with one attached hydrogen (secondary N) is 1. The van der Waals surface area contributed by atoms with Crippen molar-refractivity contribution in [2.45, 2.75) is 6.92 Å². The Balaban J connectivity index is 2.34. The number of hydrogen-bond donors (Lipinski definition) is 2. The van der Waals surface area contributed by atoms with Crippen molar-refractivity contribution < 1.29 is 9.13 Å². The van der Waals surface area contributed by atoms with Crippen LogP contribution in [0, 0.1) is 12.7 Å². The highest BCUT2D eigenvalue weighted by atomic mass is 19.1. The van der Waals surface area contributed by atoms with E-state index < -0.39 is 0 Å². The van der Waals surface area contributed by atoms with Gasteiger partial charge in [-0.1, -0.05) is 12.1 Å². The zero-order chi connectivity index (χ0) is 13.1. The van der Waals surface area contributed by atoms with Crippen LogP contribution in [0.4, 0.5) is 21.5 Å². The first-order chi connectivity index (χ1) is 8.61. The third-order valence-corrected chi connectivity index (χ3v) is 2.73. The summed E-state index contributed by atoms with van der Waals surface area (Å²) in [5.74, 6) is -0.187. The molecular formula is C14H15FN2O. The third kappa shape index (κ3) is 2.37. The summed E-state index contributed by atoms with van der Waals surface area (Å²) in [5.41, 5.74) is 9.14. The molecule has 0 aliphatic rings. The second-order valence-electron chi connectivity index (χ2n) is 4.01. The van der Waals surface area contributed by atoms with E-state index in [1.165, 1.54) is 13.2 Å². The molecule has 0 bridgehead atoms. The second-order valence-corrected chi connectivity index (χ2v) is 4.01. The quantitative estimate of drug-likeness (QED) is 0.815. The van der Waals surface area contributed by atoms with Gasteiger partial charge in [0.2, 0.25) is 0 Å². The molecule has 2 aromatic rings. The van der Waals surface area contributed by atoms with E-state index in [2.05, 4.69) is 5.32 Å². The Morgan fingerprint density at radius 2 is 2.00 bits per heavy atom. The summed E-state index contributed by atoms with van der Waals surface area (Å²) in [6, 6.07) is 10.3. The predicted octanol–water partition coefficient (Wildman–Crippen LogP) is 3.47. The number of anilines is 3. The molecular weight excluding hydrogens is 231 g/mol. The molecule has 3 nitrogen and oxygen atoms in total. The van der Waals surface area contributed by atoms with E-state index in [0.29, 0.717) is 5.69 Å². The lowest BCUT2D eigenvalue weighted by Gasteiger charge is -2.13. The van der Waals surface area contributed by atoms with E-state index in [0.717, 1.165) is 16.9 Å². The van der Waals surface area contributed by atoms with E-state index in [-0.39, 0.29) is 11.6 Å². The van der Waals surface area contributed by atoms with Crippen LogP contribution in [0.2, 0.25) is 0 Å². The maximum Gasteiger partial charge on any atom is 0.165 e. The molecule has 0 amide bonds. The third-order valence-electron chi connectivity index (χ3n) is 2.73. The minimum Gasteiger partial charge on any atom is -0.494 e. The fourth-order valence-electron chi connectivity index (χ4n) is 1.74. The molecule has 0 atom stereocenters. The Morgan fingerprint density at radius 3 is 2.67 bits per heavy atom. The van der Waals surface area contributed by atoms with Gasteiger partial charge in [-0.25, -0.2) is 4.39 Å². The highest BCUT2D eigenvalue weighted by Gasteiger charge is 2.06. The van der Waals surface area contributed by atoms with Crippen LogP contribution in [0.3, 0.4) is 0 Å². The first-order valence-electron chi connectivity index (χ1n) is 5.57. The lowest BCUT2D eigenvalue weighted by Crippen LogP contribution is -1.99. The zero-order valence-corrected chi connectivity index (χ0v) is 10.3. The van der Waals surface area contributed by atoms with Gasteiger partial charge in [0.25, 0.3) is 0 Å². The Bertz CT molecular complexity index is 549. The average Bonchev–Trinajstić information content (AvgIpc) is 2.36. The molecule has 2 aromatic carbocycles. The summed E-state index contributed by atoms with van der Waals surface area (Å²) in [6.45, 7) is 1.96. The highest BCUT2D eigenvalue weighted by Crippen LogP contribution is 2.29. The van der Waals surface area contributed by atoms with Crippen molar-refractivity contribution >= 4 is 17.1 Å². The van der Waals surface area contributed by atoms with Gasteiger partial charge in [-0.15, -0.1) is 0 Å². The van der Waals surface area contributed by atoms with Gasteiger partial charge in [0.05, 0.1) is 18.5 Å². The second kappa shape index (κ2) is 4.96. The molecule has 0 unspecified atom stereocenters. The molecule has 0 aromatic heterocycles. The molecule has 0 heterocycles. The van der Waals surface area contributed by atoms with Crippen LogP contribution in [0.5, 0.6) is 5.75 Å². The number of ether oxygens (including phenoxy) is 1. The lowest BCUT2D eigenvalue weighted by atomic mass is 10.1. The number of halogens is 1. The van der Waals surface area contributed by atoms with Crippen LogP contribution >= 0.6 is 0 Å². The highest BCUT2D eigenvalue weighted by molar-refractivity contribution is 5.76. The van der Waals surface area contributed by atoms with Gasteiger partial charge in [-0.2, -0.15) is 0 Å². The van der Waals surface area contributed by atoms with Crippen molar-refractivity contribution in [3.8, 4) is 5.75 Å². The zero-order valence-electron chi connectivity index (χ0n) is 10.3. The largest absolute Gasteiger partial charge is 0.494 e. The van der Waals surface area contributed by atoms with Crippen molar-refractivity contribution in [2.24, 2.45) is 0 Å². The summed E-state index contributed by atoms with van der Waals surface area (Å²) in [5, 5.41) is 3.17. The number of nitrogens with two attached hydrogens (primary N) is 1. The molecule has 0 aliphatic heterocycles. The van der Waals surface area contributed by atoms with Crippen molar-refractivity contribution in [1.82, 2.24) is 0 Å². The van der Waals surface area contributed by atoms with Crippen LogP contribution in [-0.2, 0) is 0 Å². The van der Waals surface area contributed by atoms with E-state index in [1.54, 1.807) is 12.1 Å². The fraction of sp³-hybridized carbons (Fsp3) is 0.143. The Morgan fingerprint density at radius 1 is 1.22 bits per heavy atom. The Hall–Kier alpha value is -2.23. The summed E-state index contributed by atoms with van der Waals surface area (Å²) in [6.07, 6.45) is 0. The van der Waals surface area contributed by atoms with E-state index in [4.69, 9.17) is 10.5 Å². The molecule has 0 fully saturated rings. The number of para-hydroxylation sites is 1. The maximum atomic E-state index is 13.3. The van der Waals surface area contributed by atoms with Crippen molar-refractivity contribution in [3.05, 3.63) is 47.8 Å². The number of benzene rings is 2. The monoisotopic (exact) mass is 246 g/mol. The standard InChI is InChI=1S/C14H15FN2O/c1-9-4-3-5-12(16)14(9)17-10-6-7-11(15)13(8-10)18-2/h3-8,17H,16H2,1-2H3. The molecule has 0 aliphatic carbocycles. The van der Waals surface area contributed by atoms with Crippen LogP contribution in [0.1, 0.15) is 5.56 Å². The number of aryl methyl sites for hydroxylation is 1. The van der Waals surface area contributed by atoms with E-state index >= 15 is 0 Å². The predicted molar refractivity (Wildman–Crippen MR) is 71.8 cm³/mol. The normalized spacial score (nSPS) is 10.2. The van der Waals surface area contributed by atoms with Crippen LogP contribution in [0.25, 0.3) is 0 Å². The topological polar surface area (TPSA) is 47.3 Å². The first-order valence-corrected chi connectivity index (χ1v) is 5.57. The minimum atomic E-state index is -0.388. The smallest absolute Gasteiger partial charge is 0.165 e. The summed E-state index contributed by atoms with van der Waals surface area (Å²) in [4.78, 5) is 0. The summed E-state index contributed by atoms with van der Waals surface area (Å²) in [7, 11) is 1.43. The number of hydrogen-bond acceptors (Lipinski definition) is 3. The van der Waals surface area contributed by atoms with Gasteiger partial charge < -0.3 is 15.8 Å². The van der Waals surface area contributed by atoms with Crippen molar-refractivity contribution in [1.29, 1.82) is 0 Å². The number of nitrogen functional groups attached to an aromatic ring is 1. The van der Waals surface area contributed by atoms with Gasteiger partial charge in [-0.3, -0.25) is 0 Å². The SMILES string of the molecule is COc1cc(Nc2c(C)cccc2N)ccc1F. The van der Waals surface area contributed by atoms with Gasteiger partial charge >= 0.3 is 0 Å². The van der Waals surface area contributed by atoms with Crippen molar-refractivity contribution in [3.63, 3.8) is 0 Å². The number of rotatable bonds is 3. The lowest BCUT2D eigenvalue weighted by molar-refractivity contribution is 0.387. The number of methoxy groups -OCH3 is 1. The van der Waals surface area contributed by atoms with Gasteiger partial charge in [0.15, 0.2) is 11.6 Å². The van der Waals surface area contributed by atoms with Gasteiger partial charge in [0, 0.05) is 11.8 Å². The molecule has 2 rings (SSSR count). The Kier molecular flexibility index (Phi) is 3.37. The molecule has 3 N–H and O–H groups in total. The molecule has 4 heteroatoms. The average molecular weight is 246 g/mol. The molecule has 0 saturated heterocycles.